The summed E-state index contributed by atoms with van der Waals surface area (Å²) in [6.07, 6.45) is 0. The smallest absolute Gasteiger partial charge is 0.142 e. The Morgan fingerprint density at radius 3 is 0.882 bits per heavy atom. The first-order valence-electron chi connectivity index (χ1n) is 6.91. The summed E-state index contributed by atoms with van der Waals surface area (Å²) in [7, 11) is 0. The van der Waals surface area contributed by atoms with E-state index >= 15 is 0 Å². The maximum atomic E-state index is 2.75. The first-order chi connectivity index (χ1) is 8.06. The zero-order valence-corrected chi connectivity index (χ0v) is 15.5. The monoisotopic (exact) mass is 374 g/mol. The Kier molecular flexibility index (Phi) is 9.58. The maximum absolute atomic E-state index is 2.75. The van der Waals surface area contributed by atoms with E-state index in [4.69, 9.17) is 0 Å². The molecule has 3 nitrogen and oxygen atoms in total. The van der Waals surface area contributed by atoms with Gasteiger partial charge in [-0.15, -0.1) is 14.0 Å². The largest absolute Gasteiger partial charge is 0.290 e. The van der Waals surface area contributed by atoms with Crippen LogP contribution in [0.5, 0.6) is 0 Å². The Labute approximate surface area is 122 Å². The molecule has 17 heavy (non-hydrogen) atoms. The van der Waals surface area contributed by atoms with Crippen LogP contribution < -0.4 is 0 Å². The van der Waals surface area contributed by atoms with Crippen molar-refractivity contribution in [3.8, 4) is 0 Å². The number of rotatable bonds is 9. The summed E-state index contributed by atoms with van der Waals surface area (Å²) in [5, 5.41) is -1.33. The van der Waals surface area contributed by atoms with E-state index < -0.39 is 5.36 Å². The van der Waals surface area contributed by atoms with Crippen LogP contribution in [0.4, 0.5) is 0 Å². The molecule has 0 heterocycles. The molecule has 0 atom stereocenters. The Bertz CT molecular complexity index is 161. The molecule has 0 spiro atoms. The SMILES string of the molecule is CCN(CC)[P+](I)(N(CC)CC)N(CC)CC. The van der Waals surface area contributed by atoms with Crippen molar-refractivity contribution in [3.05, 3.63) is 0 Å². The molecule has 104 valence electrons. The van der Waals surface area contributed by atoms with E-state index in [2.05, 4.69) is 77.6 Å². The van der Waals surface area contributed by atoms with Crippen molar-refractivity contribution in [3.63, 3.8) is 0 Å². The molecule has 0 aromatic rings. The highest BCUT2D eigenvalue weighted by Crippen LogP contribution is 2.74. The highest BCUT2D eigenvalue weighted by atomic mass is 127. The molecule has 0 saturated heterocycles. The minimum atomic E-state index is -1.33. The molecule has 0 aromatic heterocycles. The van der Waals surface area contributed by atoms with Crippen molar-refractivity contribution in [2.45, 2.75) is 41.5 Å². The molecule has 0 aliphatic heterocycles. The minimum Gasteiger partial charge on any atom is -0.142 e. The summed E-state index contributed by atoms with van der Waals surface area (Å²) in [4.78, 5) is 0. The summed E-state index contributed by atoms with van der Waals surface area (Å²) < 4.78 is 7.98. The number of hydrogen-bond acceptors (Lipinski definition) is 3. The number of nitrogens with zero attached hydrogens (tertiary/aromatic N) is 3. The highest BCUT2D eigenvalue weighted by molar-refractivity contribution is 14.2. The van der Waals surface area contributed by atoms with Crippen LogP contribution in [0.25, 0.3) is 0 Å². The molecule has 0 aromatic carbocycles. The van der Waals surface area contributed by atoms with Crippen LogP contribution in [0.1, 0.15) is 41.5 Å². The lowest BCUT2D eigenvalue weighted by molar-refractivity contribution is 0.349. The van der Waals surface area contributed by atoms with Gasteiger partial charge in [-0.2, -0.15) is 0 Å². The summed E-state index contributed by atoms with van der Waals surface area (Å²) >= 11 is 2.75. The van der Waals surface area contributed by atoms with Gasteiger partial charge in [-0.1, -0.05) is 0 Å². The van der Waals surface area contributed by atoms with Gasteiger partial charge in [-0.3, -0.25) is 0 Å². The Morgan fingerprint density at radius 2 is 0.765 bits per heavy atom. The van der Waals surface area contributed by atoms with Gasteiger partial charge in [0.05, 0.1) is 0 Å². The van der Waals surface area contributed by atoms with Crippen LogP contribution in [0.2, 0.25) is 0 Å². The van der Waals surface area contributed by atoms with E-state index in [0.29, 0.717) is 0 Å². The van der Waals surface area contributed by atoms with E-state index in [0.717, 1.165) is 39.3 Å². The normalized spacial score (nSPS) is 13.1. The lowest BCUT2D eigenvalue weighted by Crippen LogP contribution is -2.42. The van der Waals surface area contributed by atoms with Crippen LogP contribution >= 0.6 is 27.4 Å². The molecule has 0 aliphatic carbocycles. The second kappa shape index (κ2) is 9.03. The molecule has 0 saturated carbocycles. The Hall–Kier alpha value is 1.04. The van der Waals surface area contributed by atoms with Gasteiger partial charge in [-0.25, -0.2) is 0 Å². The zero-order chi connectivity index (χ0) is 13.5. The van der Waals surface area contributed by atoms with Gasteiger partial charge in [0.15, 0.2) is 0 Å². The molecular formula is C12H30IN3P+. The molecule has 0 aliphatic rings. The molecule has 0 unspecified atom stereocenters. The summed E-state index contributed by atoms with van der Waals surface area (Å²) in [6, 6.07) is 0. The predicted octanol–water partition coefficient (Wildman–Crippen LogP) is 4.12. The highest BCUT2D eigenvalue weighted by Gasteiger charge is 2.51. The van der Waals surface area contributed by atoms with E-state index in [-0.39, 0.29) is 0 Å². The molecular weight excluding hydrogens is 344 g/mol. The van der Waals surface area contributed by atoms with E-state index in [1.54, 1.807) is 0 Å². The minimum absolute atomic E-state index is 1.14. The topological polar surface area (TPSA) is 9.72 Å². The van der Waals surface area contributed by atoms with Gasteiger partial charge < -0.3 is 0 Å². The molecule has 5 heteroatoms. The second-order valence-electron chi connectivity index (χ2n) is 3.91. The van der Waals surface area contributed by atoms with Crippen LogP contribution in [-0.4, -0.2) is 53.3 Å². The summed E-state index contributed by atoms with van der Waals surface area (Å²) in [6.45, 7) is 20.5. The van der Waals surface area contributed by atoms with Gasteiger partial charge in [-0.05, 0) is 41.5 Å². The molecule has 0 amide bonds. The zero-order valence-electron chi connectivity index (χ0n) is 12.4. The quantitative estimate of drug-likeness (QED) is 0.444. The van der Waals surface area contributed by atoms with Crippen LogP contribution in [0, 0.1) is 0 Å². The summed E-state index contributed by atoms with van der Waals surface area (Å²) in [5.74, 6) is 0. The van der Waals surface area contributed by atoms with Crippen molar-refractivity contribution < 1.29 is 0 Å². The maximum Gasteiger partial charge on any atom is 0.290 e. The Balaban J connectivity index is 5.29. The molecule has 0 N–H and O–H groups in total. The average molecular weight is 374 g/mol. The van der Waals surface area contributed by atoms with Gasteiger partial charge >= 0.3 is 0 Å². The molecule has 0 radical (unpaired) electrons. The first-order valence-corrected chi connectivity index (χ1v) is 11.3. The number of hydrogen-bond donors (Lipinski definition) is 0. The fourth-order valence-corrected chi connectivity index (χ4v) is 11.0. The average Bonchev–Trinajstić information content (AvgIpc) is 2.33. The fraction of sp³-hybridized carbons (Fsp3) is 1.00. The second-order valence-corrected chi connectivity index (χ2v) is 10.5. The molecule has 0 fully saturated rings. The van der Waals surface area contributed by atoms with Gasteiger partial charge in [0.25, 0.3) is 5.36 Å². The molecule has 0 rings (SSSR count). The standard InChI is InChI=1S/C12H30IN3P/c1-7-14(8-2)17(13,15(9-3)10-4)16(11-5)12-6/h7-12H2,1-6H3/q+1. The molecule has 0 bridgehead atoms. The third-order valence-corrected chi connectivity index (χ3v) is 12.6. The van der Waals surface area contributed by atoms with E-state index in [1.807, 2.05) is 0 Å². The van der Waals surface area contributed by atoms with Crippen molar-refractivity contribution in [1.29, 1.82) is 0 Å². The van der Waals surface area contributed by atoms with Gasteiger partial charge in [0, 0.05) is 39.3 Å². The van der Waals surface area contributed by atoms with Crippen molar-refractivity contribution in [2.75, 3.05) is 39.3 Å². The van der Waals surface area contributed by atoms with E-state index in [9.17, 15) is 0 Å². The third kappa shape index (κ3) is 4.00. The van der Waals surface area contributed by atoms with Crippen molar-refractivity contribution >= 4 is 27.4 Å². The number of halogens is 1. The van der Waals surface area contributed by atoms with Crippen molar-refractivity contribution in [1.82, 2.24) is 14.0 Å². The fourth-order valence-electron chi connectivity index (χ4n) is 2.29. The van der Waals surface area contributed by atoms with E-state index in [1.165, 1.54) is 0 Å². The lowest BCUT2D eigenvalue weighted by atomic mass is 10.7. The van der Waals surface area contributed by atoms with Crippen LogP contribution in [0.15, 0.2) is 0 Å². The Morgan fingerprint density at radius 1 is 0.588 bits per heavy atom. The van der Waals surface area contributed by atoms with Gasteiger partial charge in [0.1, 0.15) is 0 Å². The summed E-state index contributed by atoms with van der Waals surface area (Å²) in [5.41, 5.74) is 0. The predicted molar refractivity (Wildman–Crippen MR) is 89.7 cm³/mol. The van der Waals surface area contributed by atoms with Crippen LogP contribution in [-0.2, 0) is 0 Å². The lowest BCUT2D eigenvalue weighted by Gasteiger charge is -2.42. The van der Waals surface area contributed by atoms with Crippen molar-refractivity contribution in [2.24, 2.45) is 0 Å². The first kappa shape index (κ1) is 18.0. The third-order valence-electron chi connectivity index (χ3n) is 3.27. The van der Waals surface area contributed by atoms with Gasteiger partial charge in [0.2, 0.25) is 22.0 Å². The van der Waals surface area contributed by atoms with Crippen LogP contribution in [0.3, 0.4) is 0 Å².